The molecule has 0 N–H and O–H groups in total. The zero-order valence-corrected chi connectivity index (χ0v) is 8.49. The lowest BCUT2D eigenvalue weighted by atomic mass is 10.00. The summed E-state index contributed by atoms with van der Waals surface area (Å²) in [7, 11) is -3.28. The quantitative estimate of drug-likeness (QED) is 0.639. The molecule has 0 bridgehead atoms. The van der Waals surface area contributed by atoms with Crippen molar-refractivity contribution in [2.45, 2.75) is 44.6 Å². The van der Waals surface area contributed by atoms with E-state index >= 15 is 0 Å². The van der Waals surface area contributed by atoms with Crippen molar-refractivity contribution in [3.63, 3.8) is 0 Å². The molecule has 0 atom stereocenters. The fraction of sp³-hybridized carbons (Fsp3) is 1.00. The Balaban J connectivity index is 2.68. The van der Waals surface area contributed by atoms with Gasteiger partial charge in [0.15, 0.2) is 0 Å². The van der Waals surface area contributed by atoms with E-state index in [1.165, 1.54) is 0 Å². The van der Waals surface area contributed by atoms with Crippen molar-refractivity contribution in [3.8, 4) is 0 Å². The molecule has 0 unspecified atom stereocenters. The second-order valence-electron chi connectivity index (χ2n) is 3.53. The smallest absolute Gasteiger partial charge is 0.264 e. The molecule has 1 aliphatic rings. The van der Waals surface area contributed by atoms with Crippen LogP contribution < -0.4 is 0 Å². The summed E-state index contributed by atoms with van der Waals surface area (Å²) < 4.78 is 27.0. The van der Waals surface area contributed by atoms with Gasteiger partial charge >= 0.3 is 0 Å². The Morgan fingerprint density at radius 1 is 1.33 bits per heavy atom. The van der Waals surface area contributed by atoms with E-state index in [9.17, 15) is 8.42 Å². The van der Waals surface area contributed by atoms with Gasteiger partial charge in [-0.1, -0.05) is 19.8 Å². The minimum atomic E-state index is -3.28. The molecule has 1 aliphatic carbocycles. The van der Waals surface area contributed by atoms with Gasteiger partial charge < -0.3 is 0 Å². The molecule has 0 heterocycles. The van der Waals surface area contributed by atoms with Crippen molar-refractivity contribution >= 4 is 10.1 Å². The Kier molecular flexibility index (Phi) is 2.78. The Hall–Kier alpha value is -0.0900. The van der Waals surface area contributed by atoms with Crippen molar-refractivity contribution in [1.82, 2.24) is 0 Å². The van der Waals surface area contributed by atoms with Crippen LogP contribution in [0.5, 0.6) is 0 Å². The number of hydrogen-bond donors (Lipinski definition) is 0. The Morgan fingerprint density at radius 2 is 1.83 bits per heavy atom. The average molecular weight is 192 g/mol. The van der Waals surface area contributed by atoms with Crippen molar-refractivity contribution in [2.24, 2.45) is 0 Å². The lowest BCUT2D eigenvalue weighted by Crippen LogP contribution is -2.30. The highest BCUT2D eigenvalue weighted by molar-refractivity contribution is 7.86. The zero-order valence-electron chi connectivity index (χ0n) is 7.67. The van der Waals surface area contributed by atoms with E-state index in [0.29, 0.717) is 0 Å². The van der Waals surface area contributed by atoms with Crippen LogP contribution in [0.2, 0.25) is 0 Å². The van der Waals surface area contributed by atoms with Crippen LogP contribution in [0.4, 0.5) is 0 Å². The van der Waals surface area contributed by atoms with E-state index in [0.717, 1.165) is 38.4 Å². The van der Waals surface area contributed by atoms with Gasteiger partial charge in [0.2, 0.25) is 0 Å². The van der Waals surface area contributed by atoms with E-state index in [4.69, 9.17) is 4.18 Å². The molecule has 0 saturated heterocycles. The standard InChI is InChI=1S/C8H16O3S/c1-3-8(6-4-5-7-8)11-12(2,9)10/h3-7H2,1-2H3. The molecule has 4 heteroatoms. The first-order valence-electron chi connectivity index (χ1n) is 4.38. The van der Waals surface area contributed by atoms with Crippen LogP contribution >= 0.6 is 0 Å². The Bertz CT molecular complexity index is 237. The van der Waals surface area contributed by atoms with E-state index in [-0.39, 0.29) is 5.60 Å². The van der Waals surface area contributed by atoms with Crippen LogP contribution in [0, 0.1) is 0 Å². The van der Waals surface area contributed by atoms with E-state index in [2.05, 4.69) is 0 Å². The van der Waals surface area contributed by atoms with Gasteiger partial charge in [-0.2, -0.15) is 8.42 Å². The predicted molar refractivity (Wildman–Crippen MR) is 47.4 cm³/mol. The minimum absolute atomic E-state index is 0.367. The van der Waals surface area contributed by atoms with Crippen molar-refractivity contribution < 1.29 is 12.6 Å². The second-order valence-corrected chi connectivity index (χ2v) is 5.11. The summed E-state index contributed by atoms with van der Waals surface area (Å²) in [6.07, 6.45) is 5.86. The molecule has 0 amide bonds. The lowest BCUT2D eigenvalue weighted by molar-refractivity contribution is 0.0813. The first-order valence-corrected chi connectivity index (χ1v) is 6.20. The molecule has 0 radical (unpaired) electrons. The van der Waals surface area contributed by atoms with Gasteiger partial charge in [-0.05, 0) is 19.3 Å². The second kappa shape index (κ2) is 3.34. The third kappa shape index (κ3) is 2.45. The van der Waals surface area contributed by atoms with Crippen LogP contribution in [0.15, 0.2) is 0 Å². The van der Waals surface area contributed by atoms with Crippen molar-refractivity contribution in [3.05, 3.63) is 0 Å². The van der Waals surface area contributed by atoms with Crippen molar-refractivity contribution in [2.75, 3.05) is 6.26 Å². The fourth-order valence-electron chi connectivity index (χ4n) is 1.84. The maximum absolute atomic E-state index is 10.9. The summed E-state index contributed by atoms with van der Waals surface area (Å²) in [6.45, 7) is 1.98. The molecule has 3 nitrogen and oxygen atoms in total. The van der Waals surface area contributed by atoms with E-state index in [1.54, 1.807) is 0 Å². The first kappa shape index (κ1) is 9.99. The Labute approximate surface area is 74.2 Å². The monoisotopic (exact) mass is 192 g/mol. The molecule has 0 spiro atoms. The SMILES string of the molecule is CCC1(OS(C)(=O)=O)CCCC1. The molecular weight excluding hydrogens is 176 g/mol. The molecule has 0 aromatic rings. The topological polar surface area (TPSA) is 43.4 Å². The van der Waals surface area contributed by atoms with Crippen LogP contribution in [0.1, 0.15) is 39.0 Å². The highest BCUT2D eigenvalue weighted by Crippen LogP contribution is 2.36. The van der Waals surface area contributed by atoms with Gasteiger partial charge in [-0.25, -0.2) is 0 Å². The highest BCUT2D eigenvalue weighted by Gasteiger charge is 2.36. The van der Waals surface area contributed by atoms with E-state index in [1.807, 2.05) is 6.92 Å². The summed E-state index contributed by atoms with van der Waals surface area (Å²) >= 11 is 0. The molecule has 12 heavy (non-hydrogen) atoms. The molecule has 72 valence electrons. The van der Waals surface area contributed by atoms with Crippen molar-refractivity contribution in [1.29, 1.82) is 0 Å². The molecule has 1 fully saturated rings. The van der Waals surface area contributed by atoms with Crippen LogP contribution in [-0.4, -0.2) is 20.3 Å². The minimum Gasteiger partial charge on any atom is -0.264 e. The lowest BCUT2D eigenvalue weighted by Gasteiger charge is -2.25. The summed E-state index contributed by atoms with van der Waals surface area (Å²) in [4.78, 5) is 0. The fourth-order valence-corrected chi connectivity index (χ4v) is 2.76. The summed E-state index contributed by atoms with van der Waals surface area (Å²) in [5.74, 6) is 0. The molecule has 1 rings (SSSR count). The summed E-state index contributed by atoms with van der Waals surface area (Å²) in [5, 5.41) is 0. The van der Waals surface area contributed by atoms with Gasteiger partial charge in [0, 0.05) is 0 Å². The number of rotatable bonds is 3. The highest BCUT2D eigenvalue weighted by atomic mass is 32.2. The molecular formula is C8H16O3S. The molecule has 0 aliphatic heterocycles. The van der Waals surface area contributed by atoms with Gasteiger partial charge in [0.25, 0.3) is 10.1 Å². The van der Waals surface area contributed by atoms with Gasteiger partial charge in [-0.3, -0.25) is 4.18 Å². The third-order valence-electron chi connectivity index (χ3n) is 2.49. The average Bonchev–Trinajstić information content (AvgIpc) is 2.34. The van der Waals surface area contributed by atoms with Gasteiger partial charge in [-0.15, -0.1) is 0 Å². The summed E-state index contributed by atoms with van der Waals surface area (Å²) in [5.41, 5.74) is -0.367. The van der Waals surface area contributed by atoms with Crippen LogP contribution in [-0.2, 0) is 14.3 Å². The van der Waals surface area contributed by atoms with Crippen LogP contribution in [0.25, 0.3) is 0 Å². The Morgan fingerprint density at radius 3 is 2.17 bits per heavy atom. The zero-order chi connectivity index (χ0) is 9.24. The summed E-state index contributed by atoms with van der Waals surface area (Å²) in [6, 6.07) is 0. The molecule has 1 saturated carbocycles. The van der Waals surface area contributed by atoms with Gasteiger partial charge in [0.1, 0.15) is 0 Å². The van der Waals surface area contributed by atoms with Crippen LogP contribution in [0.3, 0.4) is 0 Å². The largest absolute Gasteiger partial charge is 0.264 e. The normalized spacial score (nSPS) is 22.8. The maximum Gasteiger partial charge on any atom is 0.264 e. The predicted octanol–water partition coefficient (Wildman–Crippen LogP) is 1.69. The maximum atomic E-state index is 10.9. The number of hydrogen-bond acceptors (Lipinski definition) is 3. The van der Waals surface area contributed by atoms with E-state index < -0.39 is 10.1 Å². The molecule has 0 aromatic heterocycles. The molecule has 0 aromatic carbocycles. The van der Waals surface area contributed by atoms with Gasteiger partial charge in [0.05, 0.1) is 11.9 Å². The first-order chi connectivity index (χ1) is 5.47. The third-order valence-corrected chi connectivity index (χ3v) is 3.14.